The van der Waals surface area contributed by atoms with Crippen LogP contribution < -0.4 is 11.1 Å². The van der Waals surface area contributed by atoms with E-state index >= 15 is 0 Å². The third-order valence-electron chi connectivity index (χ3n) is 5.39. The Labute approximate surface area is 146 Å². The van der Waals surface area contributed by atoms with Gasteiger partial charge in [0.15, 0.2) is 0 Å². The Morgan fingerprint density at radius 2 is 2.04 bits per heavy atom. The van der Waals surface area contributed by atoms with Gasteiger partial charge in [-0.1, -0.05) is 27.2 Å². The number of rotatable bonds is 7. The van der Waals surface area contributed by atoms with E-state index < -0.39 is 6.04 Å². The van der Waals surface area contributed by atoms with Crippen LogP contribution in [-0.4, -0.2) is 43.9 Å². The molecule has 23 heavy (non-hydrogen) atoms. The van der Waals surface area contributed by atoms with E-state index in [0.29, 0.717) is 13.2 Å². The molecule has 0 radical (unpaired) electrons. The number of halogens is 1. The summed E-state index contributed by atoms with van der Waals surface area (Å²) in [5, 5.41) is 3.14. The first-order valence-electron chi connectivity index (χ1n) is 8.72. The number of carbonyl (C=O) groups is 1. The Balaban J connectivity index is 0.00000264. The summed E-state index contributed by atoms with van der Waals surface area (Å²) < 4.78 is 11.3. The van der Waals surface area contributed by atoms with Crippen LogP contribution in [0.5, 0.6) is 0 Å². The summed E-state index contributed by atoms with van der Waals surface area (Å²) in [6.07, 6.45) is 5.13. The molecule has 1 saturated heterocycles. The maximum absolute atomic E-state index is 12.4. The molecule has 2 fully saturated rings. The van der Waals surface area contributed by atoms with E-state index in [-0.39, 0.29) is 41.8 Å². The molecule has 6 heteroatoms. The van der Waals surface area contributed by atoms with Gasteiger partial charge in [0, 0.05) is 31.3 Å². The van der Waals surface area contributed by atoms with Crippen molar-refractivity contribution in [1.29, 1.82) is 0 Å². The van der Waals surface area contributed by atoms with Crippen molar-refractivity contribution in [2.24, 2.45) is 17.1 Å². The van der Waals surface area contributed by atoms with Gasteiger partial charge in [-0.25, -0.2) is 0 Å². The van der Waals surface area contributed by atoms with Gasteiger partial charge >= 0.3 is 0 Å². The minimum Gasteiger partial charge on any atom is -0.381 e. The molecule has 0 aromatic rings. The number of nitrogens with two attached hydrogens (primary N) is 1. The van der Waals surface area contributed by atoms with Gasteiger partial charge in [0.1, 0.15) is 0 Å². The molecule has 0 spiro atoms. The molecule has 1 aliphatic carbocycles. The summed E-state index contributed by atoms with van der Waals surface area (Å²) in [5.74, 6) is 0.227. The van der Waals surface area contributed by atoms with Crippen molar-refractivity contribution >= 4 is 18.3 Å². The smallest absolute Gasteiger partial charge is 0.237 e. The fraction of sp³-hybridized carbons (Fsp3) is 0.941. The lowest BCUT2D eigenvalue weighted by Gasteiger charge is -2.52. The summed E-state index contributed by atoms with van der Waals surface area (Å²) >= 11 is 0. The van der Waals surface area contributed by atoms with Crippen molar-refractivity contribution in [1.82, 2.24) is 5.32 Å². The average molecular weight is 349 g/mol. The van der Waals surface area contributed by atoms with E-state index in [4.69, 9.17) is 15.2 Å². The first kappa shape index (κ1) is 20.7. The van der Waals surface area contributed by atoms with Crippen LogP contribution in [0.3, 0.4) is 0 Å². The number of hydrogen-bond acceptors (Lipinski definition) is 4. The van der Waals surface area contributed by atoms with Gasteiger partial charge in [-0.2, -0.15) is 0 Å². The summed E-state index contributed by atoms with van der Waals surface area (Å²) in [7, 11) is 0. The summed E-state index contributed by atoms with van der Waals surface area (Å²) in [6.45, 7) is 8.74. The molecule has 0 bridgehead atoms. The number of ether oxygens (including phenoxy) is 2. The highest BCUT2D eigenvalue weighted by Crippen LogP contribution is 2.43. The predicted molar refractivity (Wildman–Crippen MR) is 93.7 cm³/mol. The first-order valence-corrected chi connectivity index (χ1v) is 8.72. The molecule has 1 amide bonds. The molecular formula is C17H33ClN2O3. The number of carbonyl (C=O) groups excluding carboxylic acids is 1. The Morgan fingerprint density at radius 3 is 2.61 bits per heavy atom. The molecule has 5 nitrogen and oxygen atoms in total. The molecule has 3 N–H and O–H groups in total. The average Bonchev–Trinajstić information content (AvgIpc) is 2.53. The Bertz CT molecular complexity index is 373. The number of unbranched alkanes of at least 4 members (excludes halogenated alkanes) is 1. The lowest BCUT2D eigenvalue weighted by atomic mass is 9.64. The Kier molecular flexibility index (Phi) is 8.28. The highest BCUT2D eigenvalue weighted by atomic mass is 35.5. The summed E-state index contributed by atoms with van der Waals surface area (Å²) in [6, 6.07) is -0.253. The highest BCUT2D eigenvalue weighted by molar-refractivity contribution is 5.85. The quantitative estimate of drug-likeness (QED) is 0.692. The van der Waals surface area contributed by atoms with E-state index in [1.807, 2.05) is 0 Å². The van der Waals surface area contributed by atoms with Crippen LogP contribution in [0.1, 0.15) is 52.9 Å². The van der Waals surface area contributed by atoms with Gasteiger partial charge in [-0.05, 0) is 31.6 Å². The van der Waals surface area contributed by atoms with Crippen molar-refractivity contribution in [3.63, 3.8) is 0 Å². The molecule has 3 unspecified atom stereocenters. The van der Waals surface area contributed by atoms with Crippen LogP contribution in [-0.2, 0) is 14.3 Å². The largest absolute Gasteiger partial charge is 0.381 e. The molecule has 136 valence electrons. The van der Waals surface area contributed by atoms with Gasteiger partial charge in [-0.15, -0.1) is 12.4 Å². The number of nitrogens with one attached hydrogen (secondary N) is 1. The van der Waals surface area contributed by atoms with Crippen molar-refractivity contribution in [2.45, 2.75) is 71.1 Å². The fourth-order valence-corrected chi connectivity index (χ4v) is 3.34. The zero-order chi connectivity index (χ0) is 16.2. The summed E-state index contributed by atoms with van der Waals surface area (Å²) in [4.78, 5) is 12.4. The normalized spacial score (nSPS) is 28.3. The maximum Gasteiger partial charge on any atom is 0.237 e. The molecule has 2 rings (SSSR count). The molecular weight excluding hydrogens is 316 g/mol. The molecule has 1 aliphatic heterocycles. The lowest BCUT2D eigenvalue weighted by Crippen LogP contribution is -2.64. The van der Waals surface area contributed by atoms with Crippen LogP contribution in [0, 0.1) is 11.3 Å². The van der Waals surface area contributed by atoms with Gasteiger partial charge in [0.05, 0.1) is 12.1 Å². The van der Waals surface area contributed by atoms with Crippen molar-refractivity contribution in [3.05, 3.63) is 0 Å². The zero-order valence-corrected chi connectivity index (χ0v) is 15.5. The van der Waals surface area contributed by atoms with Crippen LogP contribution in [0.4, 0.5) is 0 Å². The molecule has 1 saturated carbocycles. The van der Waals surface area contributed by atoms with Crippen LogP contribution in [0.2, 0.25) is 0 Å². The maximum atomic E-state index is 12.4. The van der Waals surface area contributed by atoms with Gasteiger partial charge in [-0.3, -0.25) is 4.79 Å². The minimum atomic E-state index is -0.417. The SMILES string of the molecule is CCCCOC1CC(NC(=O)C(N)C2CCOCC2)C1(C)C.Cl. The molecule has 0 aromatic heterocycles. The number of hydrogen-bond donors (Lipinski definition) is 2. The van der Waals surface area contributed by atoms with Gasteiger partial charge < -0.3 is 20.5 Å². The van der Waals surface area contributed by atoms with E-state index in [1.54, 1.807) is 0 Å². The second-order valence-electron chi connectivity index (χ2n) is 7.31. The van der Waals surface area contributed by atoms with Gasteiger partial charge in [0.2, 0.25) is 5.91 Å². The predicted octanol–water partition coefficient (Wildman–Crippen LogP) is 2.26. The van der Waals surface area contributed by atoms with Gasteiger partial charge in [0.25, 0.3) is 0 Å². The molecule has 2 aliphatic rings. The third-order valence-corrected chi connectivity index (χ3v) is 5.39. The Hall–Kier alpha value is -0.360. The van der Waals surface area contributed by atoms with Crippen LogP contribution in [0.25, 0.3) is 0 Å². The van der Waals surface area contributed by atoms with E-state index in [0.717, 1.165) is 38.7 Å². The monoisotopic (exact) mass is 348 g/mol. The molecule has 3 atom stereocenters. The fourth-order valence-electron chi connectivity index (χ4n) is 3.34. The third kappa shape index (κ3) is 5.05. The zero-order valence-electron chi connectivity index (χ0n) is 14.7. The van der Waals surface area contributed by atoms with E-state index in [9.17, 15) is 4.79 Å². The van der Waals surface area contributed by atoms with E-state index in [2.05, 4.69) is 26.1 Å². The Morgan fingerprint density at radius 1 is 1.39 bits per heavy atom. The summed E-state index contributed by atoms with van der Waals surface area (Å²) in [5.41, 5.74) is 6.13. The second kappa shape index (κ2) is 9.21. The lowest BCUT2D eigenvalue weighted by molar-refractivity contribution is -0.140. The van der Waals surface area contributed by atoms with E-state index in [1.165, 1.54) is 0 Å². The molecule has 0 aromatic carbocycles. The second-order valence-corrected chi connectivity index (χ2v) is 7.31. The minimum absolute atomic E-state index is 0. The van der Waals surface area contributed by atoms with Crippen molar-refractivity contribution < 1.29 is 14.3 Å². The van der Waals surface area contributed by atoms with Crippen LogP contribution >= 0.6 is 12.4 Å². The number of amides is 1. The molecule has 1 heterocycles. The standard InChI is InChI=1S/C17H32N2O3.ClH/c1-4-5-8-22-14-11-13(17(14,2)3)19-16(20)15(18)12-6-9-21-10-7-12;/h12-15H,4-11,18H2,1-3H3,(H,19,20);1H. The van der Waals surface area contributed by atoms with Crippen molar-refractivity contribution in [3.8, 4) is 0 Å². The first-order chi connectivity index (χ1) is 10.5. The van der Waals surface area contributed by atoms with Crippen molar-refractivity contribution in [2.75, 3.05) is 19.8 Å². The van der Waals surface area contributed by atoms with Crippen LogP contribution in [0.15, 0.2) is 0 Å². The topological polar surface area (TPSA) is 73.6 Å². The highest BCUT2D eigenvalue weighted by Gasteiger charge is 2.50.